The molecule has 0 saturated heterocycles. The third kappa shape index (κ3) is 2.40. The highest BCUT2D eigenvalue weighted by Crippen LogP contribution is 2.33. The summed E-state index contributed by atoms with van der Waals surface area (Å²) in [6, 6.07) is 16.9. The van der Waals surface area contributed by atoms with E-state index >= 15 is 0 Å². The molecule has 0 heterocycles. The number of rotatable bonds is 4. The molecule has 0 aromatic heterocycles. The van der Waals surface area contributed by atoms with Crippen LogP contribution in [0, 0.1) is 10.1 Å². The molecule has 1 atom stereocenters. The van der Waals surface area contributed by atoms with Crippen molar-refractivity contribution in [1.82, 2.24) is 0 Å². The Morgan fingerprint density at radius 3 is 2.28 bits per heavy atom. The molecule has 3 heteroatoms. The first-order valence-electron chi connectivity index (χ1n) is 6.02. The highest BCUT2D eigenvalue weighted by molar-refractivity contribution is 5.46. The van der Waals surface area contributed by atoms with Crippen LogP contribution in [0.2, 0.25) is 0 Å². The van der Waals surface area contributed by atoms with E-state index in [4.69, 9.17) is 0 Å². The second kappa shape index (κ2) is 5.45. The molecule has 0 amide bonds. The Hall–Kier alpha value is -2.16. The summed E-state index contributed by atoms with van der Waals surface area (Å²) in [5, 5.41) is 11.1. The van der Waals surface area contributed by atoms with Crippen molar-refractivity contribution in [2.24, 2.45) is 0 Å². The predicted octanol–water partition coefficient (Wildman–Crippen LogP) is 4.14. The van der Waals surface area contributed by atoms with Crippen LogP contribution in [-0.2, 0) is 0 Å². The molecule has 0 fully saturated rings. The Kier molecular flexibility index (Phi) is 3.72. The molecule has 0 spiro atoms. The van der Waals surface area contributed by atoms with Crippen molar-refractivity contribution in [1.29, 1.82) is 0 Å². The molecule has 2 aromatic rings. The zero-order valence-corrected chi connectivity index (χ0v) is 10.2. The summed E-state index contributed by atoms with van der Waals surface area (Å²) >= 11 is 0. The summed E-state index contributed by atoms with van der Waals surface area (Å²) in [6.45, 7) is 2.05. The van der Waals surface area contributed by atoms with Crippen LogP contribution in [0.3, 0.4) is 0 Å². The van der Waals surface area contributed by atoms with Gasteiger partial charge in [0.1, 0.15) is 0 Å². The number of para-hydroxylation sites is 1. The van der Waals surface area contributed by atoms with Gasteiger partial charge in [0.2, 0.25) is 0 Å². The topological polar surface area (TPSA) is 43.1 Å². The maximum atomic E-state index is 11.1. The van der Waals surface area contributed by atoms with Crippen molar-refractivity contribution in [2.45, 2.75) is 19.3 Å². The largest absolute Gasteiger partial charge is 0.273 e. The van der Waals surface area contributed by atoms with Gasteiger partial charge in [-0.15, -0.1) is 0 Å². The molecule has 18 heavy (non-hydrogen) atoms. The van der Waals surface area contributed by atoms with Gasteiger partial charge in [-0.1, -0.05) is 55.5 Å². The summed E-state index contributed by atoms with van der Waals surface area (Å²) in [5.41, 5.74) is 2.11. The smallest absolute Gasteiger partial charge is 0.258 e. The number of hydrogen-bond donors (Lipinski definition) is 0. The van der Waals surface area contributed by atoms with E-state index in [-0.39, 0.29) is 16.5 Å². The van der Waals surface area contributed by atoms with Crippen LogP contribution in [0.5, 0.6) is 0 Å². The molecule has 0 aliphatic heterocycles. The summed E-state index contributed by atoms with van der Waals surface area (Å²) in [4.78, 5) is 10.8. The molecule has 1 unspecified atom stereocenters. The fraction of sp³-hybridized carbons (Fsp3) is 0.200. The highest BCUT2D eigenvalue weighted by Gasteiger charge is 2.21. The minimum Gasteiger partial charge on any atom is -0.258 e. The van der Waals surface area contributed by atoms with Crippen LogP contribution < -0.4 is 0 Å². The SMILES string of the molecule is CCC(c1ccccc1)c1ccccc1[N+](=O)[O-]. The Morgan fingerprint density at radius 2 is 1.67 bits per heavy atom. The highest BCUT2D eigenvalue weighted by atomic mass is 16.6. The van der Waals surface area contributed by atoms with E-state index in [1.807, 2.05) is 49.4 Å². The van der Waals surface area contributed by atoms with Gasteiger partial charge in [-0.25, -0.2) is 0 Å². The summed E-state index contributed by atoms with van der Waals surface area (Å²) in [6.07, 6.45) is 0.842. The van der Waals surface area contributed by atoms with Gasteiger partial charge in [0.15, 0.2) is 0 Å². The molecule has 0 N–H and O–H groups in total. The van der Waals surface area contributed by atoms with Crippen LogP contribution in [0.1, 0.15) is 30.4 Å². The van der Waals surface area contributed by atoms with Crippen molar-refractivity contribution in [2.75, 3.05) is 0 Å². The van der Waals surface area contributed by atoms with Crippen LogP contribution >= 0.6 is 0 Å². The van der Waals surface area contributed by atoms with E-state index in [1.54, 1.807) is 12.1 Å². The maximum Gasteiger partial charge on any atom is 0.273 e. The van der Waals surface area contributed by atoms with Crippen LogP contribution in [0.25, 0.3) is 0 Å². The Labute approximate surface area is 106 Å². The van der Waals surface area contributed by atoms with E-state index < -0.39 is 0 Å². The van der Waals surface area contributed by atoms with E-state index in [0.29, 0.717) is 0 Å². The number of nitrogens with zero attached hydrogens (tertiary/aromatic N) is 1. The maximum absolute atomic E-state index is 11.1. The summed E-state index contributed by atoms with van der Waals surface area (Å²) in [7, 11) is 0. The third-order valence-electron chi connectivity index (χ3n) is 3.12. The lowest BCUT2D eigenvalue weighted by atomic mass is 9.88. The fourth-order valence-corrected chi connectivity index (χ4v) is 2.27. The Morgan fingerprint density at radius 1 is 1.06 bits per heavy atom. The van der Waals surface area contributed by atoms with E-state index in [9.17, 15) is 10.1 Å². The number of hydrogen-bond acceptors (Lipinski definition) is 2. The van der Waals surface area contributed by atoms with E-state index in [0.717, 1.165) is 17.5 Å². The van der Waals surface area contributed by atoms with Crippen molar-refractivity contribution in [3.8, 4) is 0 Å². The Balaban J connectivity index is 2.49. The van der Waals surface area contributed by atoms with Crippen molar-refractivity contribution >= 4 is 5.69 Å². The molecule has 0 aliphatic rings. The predicted molar refractivity (Wildman–Crippen MR) is 71.7 cm³/mol. The molecule has 3 nitrogen and oxygen atoms in total. The molecular formula is C15H15NO2. The van der Waals surface area contributed by atoms with Crippen LogP contribution in [0.4, 0.5) is 5.69 Å². The van der Waals surface area contributed by atoms with E-state index in [2.05, 4.69) is 0 Å². The Bertz CT molecular complexity index is 537. The fourth-order valence-electron chi connectivity index (χ4n) is 2.27. The quantitative estimate of drug-likeness (QED) is 0.596. The monoisotopic (exact) mass is 241 g/mol. The van der Waals surface area contributed by atoms with Gasteiger partial charge in [0.05, 0.1) is 4.92 Å². The second-order valence-electron chi connectivity index (χ2n) is 4.19. The average Bonchev–Trinajstić information content (AvgIpc) is 2.41. The minimum absolute atomic E-state index is 0.0767. The number of nitro benzene ring substituents is 1. The molecule has 0 bridgehead atoms. The molecular weight excluding hydrogens is 226 g/mol. The number of nitro groups is 1. The van der Waals surface area contributed by atoms with Gasteiger partial charge in [0, 0.05) is 17.5 Å². The average molecular weight is 241 g/mol. The van der Waals surface area contributed by atoms with Gasteiger partial charge < -0.3 is 0 Å². The number of benzene rings is 2. The van der Waals surface area contributed by atoms with Crippen LogP contribution in [-0.4, -0.2) is 4.92 Å². The van der Waals surface area contributed by atoms with Gasteiger partial charge in [-0.2, -0.15) is 0 Å². The standard InChI is InChI=1S/C15H15NO2/c1-2-13(12-8-4-3-5-9-12)14-10-6-7-11-15(14)16(17)18/h3-11,13H,2H2,1H3. The van der Waals surface area contributed by atoms with Crippen molar-refractivity contribution in [3.05, 3.63) is 75.8 Å². The lowest BCUT2D eigenvalue weighted by Gasteiger charge is -2.15. The first kappa shape index (κ1) is 12.3. The van der Waals surface area contributed by atoms with E-state index in [1.165, 1.54) is 0 Å². The lowest BCUT2D eigenvalue weighted by Crippen LogP contribution is -2.03. The van der Waals surface area contributed by atoms with Gasteiger partial charge in [0.25, 0.3) is 5.69 Å². The molecule has 0 saturated carbocycles. The first-order valence-corrected chi connectivity index (χ1v) is 6.02. The van der Waals surface area contributed by atoms with Crippen molar-refractivity contribution in [3.63, 3.8) is 0 Å². The van der Waals surface area contributed by atoms with Crippen molar-refractivity contribution < 1.29 is 4.92 Å². The molecule has 2 rings (SSSR count). The normalized spacial score (nSPS) is 12.1. The second-order valence-corrected chi connectivity index (χ2v) is 4.19. The first-order chi connectivity index (χ1) is 8.74. The zero-order chi connectivity index (χ0) is 13.0. The molecule has 0 aliphatic carbocycles. The molecule has 92 valence electrons. The van der Waals surface area contributed by atoms with Crippen LogP contribution in [0.15, 0.2) is 54.6 Å². The summed E-state index contributed by atoms with van der Waals surface area (Å²) < 4.78 is 0. The third-order valence-corrected chi connectivity index (χ3v) is 3.12. The van der Waals surface area contributed by atoms with Gasteiger partial charge in [-0.3, -0.25) is 10.1 Å². The molecule has 0 radical (unpaired) electrons. The summed E-state index contributed by atoms with van der Waals surface area (Å²) in [5.74, 6) is 0.0767. The minimum atomic E-state index is -0.305. The zero-order valence-electron chi connectivity index (χ0n) is 10.2. The van der Waals surface area contributed by atoms with Gasteiger partial charge in [-0.05, 0) is 12.0 Å². The lowest BCUT2D eigenvalue weighted by molar-refractivity contribution is -0.385. The van der Waals surface area contributed by atoms with Gasteiger partial charge >= 0.3 is 0 Å². The molecule has 2 aromatic carbocycles.